The molecule has 1 aromatic rings. The quantitative estimate of drug-likeness (QED) is 0.853. The summed E-state index contributed by atoms with van der Waals surface area (Å²) >= 11 is 5.03. The fourth-order valence-electron chi connectivity index (χ4n) is 2.83. The van der Waals surface area contributed by atoms with Crippen LogP contribution in [0.5, 0.6) is 5.75 Å². The molecule has 1 aliphatic carbocycles. The predicted octanol–water partition coefficient (Wildman–Crippen LogP) is 2.92. The molecule has 2 rings (SSSR count). The van der Waals surface area contributed by atoms with Crippen LogP contribution < -0.4 is 10.5 Å². The SMILES string of the molecule is CC1CC(C)CC(Oc2cnccc2C(N)=S)C1. The van der Waals surface area contributed by atoms with E-state index in [0.717, 1.165) is 24.2 Å². The van der Waals surface area contributed by atoms with E-state index in [0.29, 0.717) is 16.8 Å². The molecule has 0 bridgehead atoms. The first-order valence-corrected chi connectivity index (χ1v) is 6.87. The van der Waals surface area contributed by atoms with Crippen molar-refractivity contribution >= 4 is 17.2 Å². The molecule has 1 aromatic heterocycles. The third kappa shape index (κ3) is 3.19. The van der Waals surface area contributed by atoms with Crippen LogP contribution in [0.3, 0.4) is 0 Å². The molecule has 18 heavy (non-hydrogen) atoms. The molecule has 0 radical (unpaired) electrons. The summed E-state index contributed by atoms with van der Waals surface area (Å²) in [5.74, 6) is 2.14. The van der Waals surface area contributed by atoms with Crippen molar-refractivity contribution in [2.45, 2.75) is 39.2 Å². The second kappa shape index (κ2) is 5.65. The molecule has 0 amide bonds. The monoisotopic (exact) mass is 264 g/mol. The number of nitrogens with two attached hydrogens (primary N) is 1. The van der Waals surface area contributed by atoms with Crippen LogP contribution in [0.1, 0.15) is 38.7 Å². The lowest BCUT2D eigenvalue weighted by molar-refractivity contribution is 0.100. The largest absolute Gasteiger partial charge is 0.488 e. The Morgan fingerprint density at radius 1 is 1.33 bits per heavy atom. The second-order valence-corrected chi connectivity index (χ2v) is 5.83. The fourth-order valence-corrected chi connectivity index (χ4v) is 2.99. The molecule has 2 N–H and O–H groups in total. The molecule has 0 aliphatic heterocycles. The van der Waals surface area contributed by atoms with Gasteiger partial charge in [0.05, 0.1) is 17.9 Å². The Balaban J connectivity index is 2.11. The van der Waals surface area contributed by atoms with Crippen molar-refractivity contribution in [1.29, 1.82) is 0 Å². The van der Waals surface area contributed by atoms with E-state index in [9.17, 15) is 0 Å². The molecule has 3 nitrogen and oxygen atoms in total. The molecule has 4 heteroatoms. The number of thiocarbonyl (C=S) groups is 1. The molecule has 0 spiro atoms. The number of aromatic nitrogens is 1. The third-order valence-electron chi connectivity index (χ3n) is 3.48. The average molecular weight is 264 g/mol. The molecular weight excluding hydrogens is 244 g/mol. The van der Waals surface area contributed by atoms with Crippen molar-refractivity contribution < 1.29 is 4.74 Å². The van der Waals surface area contributed by atoms with E-state index in [1.165, 1.54) is 6.42 Å². The highest BCUT2D eigenvalue weighted by molar-refractivity contribution is 7.80. The van der Waals surface area contributed by atoms with Crippen LogP contribution in [-0.2, 0) is 0 Å². The zero-order chi connectivity index (χ0) is 13.1. The second-order valence-electron chi connectivity index (χ2n) is 5.39. The lowest BCUT2D eigenvalue weighted by Crippen LogP contribution is -2.29. The van der Waals surface area contributed by atoms with Gasteiger partial charge >= 0.3 is 0 Å². The first-order chi connectivity index (χ1) is 8.56. The topological polar surface area (TPSA) is 48.1 Å². The number of rotatable bonds is 3. The lowest BCUT2D eigenvalue weighted by Gasteiger charge is -2.32. The van der Waals surface area contributed by atoms with Gasteiger partial charge in [-0.15, -0.1) is 0 Å². The summed E-state index contributed by atoms with van der Waals surface area (Å²) < 4.78 is 6.06. The van der Waals surface area contributed by atoms with Crippen molar-refractivity contribution in [3.8, 4) is 5.75 Å². The van der Waals surface area contributed by atoms with Gasteiger partial charge in [0.1, 0.15) is 10.7 Å². The number of nitrogens with zero attached hydrogens (tertiary/aromatic N) is 1. The highest BCUT2D eigenvalue weighted by Gasteiger charge is 2.26. The van der Waals surface area contributed by atoms with Crippen molar-refractivity contribution in [2.24, 2.45) is 17.6 Å². The van der Waals surface area contributed by atoms with Gasteiger partial charge in [-0.25, -0.2) is 0 Å². The molecule has 1 saturated carbocycles. The van der Waals surface area contributed by atoms with Crippen LogP contribution in [0.25, 0.3) is 0 Å². The van der Waals surface area contributed by atoms with Gasteiger partial charge in [-0.05, 0) is 37.2 Å². The van der Waals surface area contributed by atoms with Gasteiger partial charge in [-0.3, -0.25) is 4.98 Å². The Morgan fingerprint density at radius 3 is 2.61 bits per heavy atom. The summed E-state index contributed by atoms with van der Waals surface area (Å²) in [6.45, 7) is 4.56. The molecule has 1 aliphatic rings. The number of hydrogen-bond donors (Lipinski definition) is 1. The minimum Gasteiger partial charge on any atom is -0.488 e. The Morgan fingerprint density at radius 2 is 2.00 bits per heavy atom. The van der Waals surface area contributed by atoms with E-state index in [4.69, 9.17) is 22.7 Å². The smallest absolute Gasteiger partial charge is 0.148 e. The Bertz CT molecular complexity index is 426. The zero-order valence-corrected chi connectivity index (χ0v) is 11.7. The maximum absolute atomic E-state index is 6.06. The van der Waals surface area contributed by atoms with Crippen LogP contribution in [-0.4, -0.2) is 16.1 Å². The normalized spacial score (nSPS) is 27.8. The molecular formula is C14H20N2OS. The predicted molar refractivity (Wildman–Crippen MR) is 76.7 cm³/mol. The van der Waals surface area contributed by atoms with E-state index in [-0.39, 0.29) is 6.10 Å². The maximum Gasteiger partial charge on any atom is 0.148 e. The van der Waals surface area contributed by atoms with Crippen molar-refractivity contribution in [1.82, 2.24) is 4.98 Å². The number of pyridine rings is 1. The highest BCUT2D eigenvalue weighted by atomic mass is 32.1. The lowest BCUT2D eigenvalue weighted by atomic mass is 9.82. The van der Waals surface area contributed by atoms with E-state index in [1.807, 2.05) is 6.07 Å². The molecule has 0 saturated heterocycles. The third-order valence-corrected chi connectivity index (χ3v) is 3.70. The van der Waals surface area contributed by atoms with Gasteiger partial charge in [0.25, 0.3) is 0 Å². The molecule has 0 aromatic carbocycles. The summed E-state index contributed by atoms with van der Waals surface area (Å²) in [7, 11) is 0. The minimum absolute atomic E-state index is 0.251. The van der Waals surface area contributed by atoms with Gasteiger partial charge in [0, 0.05) is 6.20 Å². The summed E-state index contributed by atoms with van der Waals surface area (Å²) in [6, 6.07) is 1.81. The van der Waals surface area contributed by atoms with Crippen molar-refractivity contribution in [3.05, 3.63) is 24.0 Å². The Kier molecular flexibility index (Phi) is 4.17. The maximum atomic E-state index is 6.06. The van der Waals surface area contributed by atoms with E-state index >= 15 is 0 Å². The summed E-state index contributed by atoms with van der Waals surface area (Å²) in [5, 5.41) is 0. The summed E-state index contributed by atoms with van der Waals surface area (Å²) in [6.07, 6.45) is 7.12. The van der Waals surface area contributed by atoms with Gasteiger partial charge in [-0.1, -0.05) is 26.1 Å². The van der Waals surface area contributed by atoms with E-state index in [2.05, 4.69) is 18.8 Å². The van der Waals surface area contributed by atoms with Gasteiger partial charge in [-0.2, -0.15) is 0 Å². The molecule has 1 fully saturated rings. The van der Waals surface area contributed by atoms with Gasteiger partial charge in [0.15, 0.2) is 0 Å². The standard InChI is InChI=1S/C14H20N2OS/c1-9-5-10(2)7-11(6-9)17-13-8-16-4-3-12(13)14(15)18/h3-4,8-11H,5-7H2,1-2H3,(H2,15,18). The summed E-state index contributed by atoms with van der Waals surface area (Å²) in [5.41, 5.74) is 6.48. The highest BCUT2D eigenvalue weighted by Crippen LogP contribution is 2.31. The number of hydrogen-bond acceptors (Lipinski definition) is 3. The van der Waals surface area contributed by atoms with E-state index in [1.54, 1.807) is 12.4 Å². The zero-order valence-electron chi connectivity index (χ0n) is 10.9. The first-order valence-electron chi connectivity index (χ1n) is 6.46. The van der Waals surface area contributed by atoms with E-state index < -0.39 is 0 Å². The van der Waals surface area contributed by atoms with Gasteiger partial charge < -0.3 is 10.5 Å². The van der Waals surface area contributed by atoms with Crippen LogP contribution in [0.2, 0.25) is 0 Å². The van der Waals surface area contributed by atoms with Crippen LogP contribution in [0, 0.1) is 11.8 Å². The van der Waals surface area contributed by atoms with Crippen LogP contribution in [0.15, 0.2) is 18.5 Å². The Labute approximate surface area is 114 Å². The molecule has 2 atom stereocenters. The summed E-state index contributed by atoms with van der Waals surface area (Å²) in [4.78, 5) is 4.46. The van der Waals surface area contributed by atoms with Crippen molar-refractivity contribution in [2.75, 3.05) is 0 Å². The molecule has 98 valence electrons. The molecule has 1 heterocycles. The minimum atomic E-state index is 0.251. The fraction of sp³-hybridized carbons (Fsp3) is 0.571. The average Bonchev–Trinajstić information content (AvgIpc) is 2.27. The van der Waals surface area contributed by atoms with Crippen LogP contribution in [0.4, 0.5) is 0 Å². The van der Waals surface area contributed by atoms with Crippen molar-refractivity contribution in [3.63, 3.8) is 0 Å². The first kappa shape index (κ1) is 13.3. The van der Waals surface area contributed by atoms with Crippen LogP contribution >= 0.6 is 12.2 Å². The number of ether oxygens (including phenoxy) is 1. The molecule has 2 unspecified atom stereocenters. The van der Waals surface area contributed by atoms with Gasteiger partial charge in [0.2, 0.25) is 0 Å². The Hall–Kier alpha value is -1.16.